The molecule has 0 fully saturated rings. The van der Waals surface area contributed by atoms with Crippen molar-refractivity contribution < 1.29 is 0 Å². The lowest BCUT2D eigenvalue weighted by atomic mass is 10.1. The third-order valence-corrected chi connectivity index (χ3v) is 4.37. The highest BCUT2D eigenvalue weighted by Gasteiger charge is 1.89. The van der Waals surface area contributed by atoms with Gasteiger partial charge in [0.15, 0.2) is 0 Å². The second kappa shape index (κ2) is 22.4. The molecule has 0 aliphatic heterocycles. The SMILES string of the molecule is C1=CCCCCCCCC/C=C/C=C/C=C/C=C\C=C\C=C\C=C\C=C\C=C/C=C/1. The average Bonchev–Trinajstić information content (AvgIpc) is 2.76. The summed E-state index contributed by atoms with van der Waals surface area (Å²) in [6, 6.07) is 0. The van der Waals surface area contributed by atoms with Crippen molar-refractivity contribution in [1.82, 2.24) is 0 Å². The van der Waals surface area contributed by atoms with Gasteiger partial charge in [0.05, 0.1) is 0 Å². The van der Waals surface area contributed by atoms with Gasteiger partial charge in [0, 0.05) is 0 Å². The minimum atomic E-state index is 1.18. The molecule has 0 unspecified atom stereocenters. The summed E-state index contributed by atoms with van der Waals surface area (Å²) in [7, 11) is 0. The van der Waals surface area contributed by atoms with Gasteiger partial charge in [-0.3, -0.25) is 0 Å². The second-order valence-corrected chi connectivity index (χ2v) is 7.02. The van der Waals surface area contributed by atoms with E-state index in [-0.39, 0.29) is 0 Å². The summed E-state index contributed by atoms with van der Waals surface area (Å²) in [6.45, 7) is 0. The Labute approximate surface area is 185 Å². The molecule has 0 radical (unpaired) electrons. The molecule has 0 aromatic carbocycles. The van der Waals surface area contributed by atoms with Gasteiger partial charge in [-0.05, 0) is 25.7 Å². The average molecular weight is 399 g/mol. The molecule has 1 rings (SSSR count). The third-order valence-electron chi connectivity index (χ3n) is 4.37. The molecule has 0 aromatic rings. The number of allylic oxidation sites excluding steroid dienone is 22. The Morgan fingerprint density at radius 2 is 0.400 bits per heavy atom. The zero-order valence-corrected chi connectivity index (χ0v) is 18.4. The predicted molar refractivity (Wildman–Crippen MR) is 137 cm³/mol. The molecule has 30 heavy (non-hydrogen) atoms. The van der Waals surface area contributed by atoms with Crippen LogP contribution < -0.4 is 0 Å². The maximum atomic E-state index is 2.27. The Morgan fingerprint density at radius 3 is 0.667 bits per heavy atom. The Bertz CT molecular complexity index is 647. The molecular formula is C30H38. The normalized spacial score (nSPS) is 28.8. The Kier molecular flexibility index (Phi) is 18.8. The van der Waals surface area contributed by atoms with Gasteiger partial charge in [-0.25, -0.2) is 0 Å². The number of hydrogen-bond acceptors (Lipinski definition) is 0. The van der Waals surface area contributed by atoms with Gasteiger partial charge in [-0.15, -0.1) is 0 Å². The Morgan fingerprint density at radius 1 is 0.200 bits per heavy atom. The summed E-state index contributed by atoms with van der Waals surface area (Å²) in [5, 5.41) is 0. The maximum Gasteiger partial charge on any atom is -0.0348 e. The van der Waals surface area contributed by atoms with E-state index in [4.69, 9.17) is 0 Å². The van der Waals surface area contributed by atoms with E-state index in [0.29, 0.717) is 0 Å². The van der Waals surface area contributed by atoms with Crippen molar-refractivity contribution in [2.45, 2.75) is 51.4 Å². The first kappa shape index (κ1) is 25.2. The lowest BCUT2D eigenvalue weighted by Gasteiger charge is -1.99. The van der Waals surface area contributed by atoms with E-state index in [1.54, 1.807) is 0 Å². The van der Waals surface area contributed by atoms with Crippen molar-refractivity contribution in [3.63, 3.8) is 0 Å². The van der Waals surface area contributed by atoms with Crippen LogP contribution in [0.15, 0.2) is 134 Å². The van der Waals surface area contributed by atoms with E-state index in [0.717, 1.165) is 0 Å². The zero-order chi connectivity index (χ0) is 21.2. The molecule has 0 amide bonds. The van der Waals surface area contributed by atoms with Crippen LogP contribution in [-0.2, 0) is 0 Å². The van der Waals surface area contributed by atoms with Crippen LogP contribution in [0, 0.1) is 0 Å². The van der Waals surface area contributed by atoms with Gasteiger partial charge in [0.1, 0.15) is 0 Å². The van der Waals surface area contributed by atoms with Gasteiger partial charge in [0.25, 0.3) is 0 Å². The minimum Gasteiger partial charge on any atom is -0.0845 e. The first-order valence-corrected chi connectivity index (χ1v) is 11.3. The quantitative estimate of drug-likeness (QED) is 0.381. The highest BCUT2D eigenvalue weighted by Crippen LogP contribution is 2.09. The zero-order valence-electron chi connectivity index (χ0n) is 18.4. The fourth-order valence-electron chi connectivity index (χ4n) is 2.74. The summed E-state index contributed by atoms with van der Waals surface area (Å²) >= 11 is 0. The van der Waals surface area contributed by atoms with E-state index in [2.05, 4.69) is 60.8 Å². The Hall–Kier alpha value is -2.86. The minimum absolute atomic E-state index is 1.18. The van der Waals surface area contributed by atoms with Crippen LogP contribution in [0.1, 0.15) is 51.4 Å². The van der Waals surface area contributed by atoms with Crippen LogP contribution in [0.5, 0.6) is 0 Å². The van der Waals surface area contributed by atoms with Crippen molar-refractivity contribution in [3.05, 3.63) is 134 Å². The van der Waals surface area contributed by atoms with Crippen molar-refractivity contribution in [2.24, 2.45) is 0 Å². The first-order valence-electron chi connectivity index (χ1n) is 11.3. The van der Waals surface area contributed by atoms with Crippen LogP contribution in [0.3, 0.4) is 0 Å². The maximum absolute atomic E-state index is 2.27. The smallest absolute Gasteiger partial charge is 0.0348 e. The fourth-order valence-corrected chi connectivity index (χ4v) is 2.74. The largest absolute Gasteiger partial charge is 0.0845 e. The highest BCUT2D eigenvalue weighted by atomic mass is 14.0. The van der Waals surface area contributed by atoms with E-state index in [1.165, 1.54) is 51.4 Å². The molecule has 158 valence electrons. The van der Waals surface area contributed by atoms with E-state index in [9.17, 15) is 0 Å². The lowest BCUT2D eigenvalue weighted by Crippen LogP contribution is -1.79. The molecule has 0 spiro atoms. The van der Waals surface area contributed by atoms with Gasteiger partial charge < -0.3 is 0 Å². The molecule has 1 aliphatic carbocycles. The Balaban J connectivity index is 2.47. The third kappa shape index (κ3) is 19.9. The van der Waals surface area contributed by atoms with Gasteiger partial charge >= 0.3 is 0 Å². The molecule has 0 saturated heterocycles. The van der Waals surface area contributed by atoms with Crippen molar-refractivity contribution in [2.75, 3.05) is 0 Å². The first-order chi connectivity index (χ1) is 15.0. The van der Waals surface area contributed by atoms with Crippen molar-refractivity contribution in [1.29, 1.82) is 0 Å². The van der Waals surface area contributed by atoms with Crippen LogP contribution >= 0.6 is 0 Å². The molecular weight excluding hydrogens is 360 g/mol. The molecule has 0 atom stereocenters. The second-order valence-electron chi connectivity index (χ2n) is 7.02. The van der Waals surface area contributed by atoms with Crippen LogP contribution in [-0.4, -0.2) is 0 Å². The summed E-state index contributed by atoms with van der Waals surface area (Å²) in [5.74, 6) is 0. The molecule has 0 saturated carbocycles. The van der Waals surface area contributed by atoms with Gasteiger partial charge in [0.2, 0.25) is 0 Å². The molecule has 0 bridgehead atoms. The number of rotatable bonds is 0. The molecule has 1 aliphatic rings. The predicted octanol–water partition coefficient (Wildman–Crippen LogP) is 9.24. The molecule has 0 nitrogen and oxygen atoms in total. The number of hydrogen-bond donors (Lipinski definition) is 0. The van der Waals surface area contributed by atoms with E-state index in [1.807, 2.05) is 72.9 Å². The van der Waals surface area contributed by atoms with Crippen molar-refractivity contribution >= 4 is 0 Å². The summed E-state index contributed by atoms with van der Waals surface area (Å²) < 4.78 is 0. The standard InChI is InChI=1S/C30H38/c1-2-4-6-8-10-12-14-16-18-20-22-24-26-28-30-29-27-25-23-21-19-17-15-13-11-9-7-5-3-1/h1-22H,23-30H2/b2-1+,5-3+,6-4+,9-7-,10-8+,13-11+,14-12-,17-15+,18-16+,21-19+,22-20?. The lowest BCUT2D eigenvalue weighted by molar-refractivity contribution is 0.600. The van der Waals surface area contributed by atoms with E-state index < -0.39 is 0 Å². The van der Waals surface area contributed by atoms with Crippen LogP contribution in [0.2, 0.25) is 0 Å². The molecule has 0 aromatic heterocycles. The fraction of sp³-hybridized carbons (Fsp3) is 0.267. The highest BCUT2D eigenvalue weighted by molar-refractivity contribution is 5.22. The van der Waals surface area contributed by atoms with Crippen molar-refractivity contribution in [3.8, 4) is 0 Å². The summed E-state index contributed by atoms with van der Waals surface area (Å²) in [6.07, 6.45) is 56.0. The van der Waals surface area contributed by atoms with Crippen LogP contribution in [0.25, 0.3) is 0 Å². The van der Waals surface area contributed by atoms with Gasteiger partial charge in [-0.1, -0.05) is 159 Å². The van der Waals surface area contributed by atoms with E-state index >= 15 is 0 Å². The topological polar surface area (TPSA) is 0 Å². The molecule has 0 N–H and O–H groups in total. The molecule has 0 heterocycles. The van der Waals surface area contributed by atoms with Gasteiger partial charge in [-0.2, -0.15) is 0 Å². The monoisotopic (exact) mass is 398 g/mol. The molecule has 0 heteroatoms. The summed E-state index contributed by atoms with van der Waals surface area (Å²) in [5.41, 5.74) is 0. The van der Waals surface area contributed by atoms with Crippen LogP contribution in [0.4, 0.5) is 0 Å². The summed E-state index contributed by atoms with van der Waals surface area (Å²) in [4.78, 5) is 0.